The normalized spacial score (nSPS) is 11.7. The summed E-state index contributed by atoms with van der Waals surface area (Å²) in [5, 5.41) is 3.98. The second-order valence-corrected chi connectivity index (χ2v) is 9.04. The number of nitrogens with zero attached hydrogens (tertiary/aromatic N) is 2. The van der Waals surface area contributed by atoms with Crippen LogP contribution in [0.1, 0.15) is 22.5 Å². The highest BCUT2D eigenvalue weighted by Crippen LogP contribution is 2.27. The average molecular weight is 408 g/mol. The first-order valence-corrected chi connectivity index (χ1v) is 10.8. The minimum Gasteiger partial charge on any atom is -0.455 e. The van der Waals surface area contributed by atoms with Crippen molar-refractivity contribution in [3.05, 3.63) is 77.0 Å². The zero-order valence-corrected chi connectivity index (χ0v) is 17.2. The maximum atomic E-state index is 12.8. The van der Waals surface area contributed by atoms with Gasteiger partial charge in [0.15, 0.2) is 15.6 Å². The molecule has 0 fully saturated rings. The average Bonchev–Trinajstić information content (AvgIpc) is 3.31. The van der Waals surface area contributed by atoms with E-state index in [1.807, 2.05) is 44.2 Å². The van der Waals surface area contributed by atoms with Crippen molar-refractivity contribution in [3.8, 4) is 23.0 Å². The number of rotatable bonds is 5. The number of aromatic nitrogens is 2. The van der Waals surface area contributed by atoms with Gasteiger partial charge in [-0.05, 0) is 44.5 Å². The summed E-state index contributed by atoms with van der Waals surface area (Å²) in [6.45, 7) is 5.72. The number of sulfone groups is 1. The van der Waals surface area contributed by atoms with Crippen molar-refractivity contribution in [1.82, 2.24) is 10.1 Å². The standard InChI is InChI=1S/C22H20N2O4S/c1-14-4-7-17(8-5-14)21-23-22(28-24-21)19-10-9-18(27-19)13-29(25,26)20-11-6-15(2)12-16(20)3/h4-12H,13H2,1-3H3. The molecule has 2 aromatic carbocycles. The van der Waals surface area contributed by atoms with E-state index in [1.165, 1.54) is 0 Å². The molecule has 4 aromatic rings. The number of furan rings is 1. The third-order valence-corrected chi connectivity index (χ3v) is 6.40. The second kappa shape index (κ2) is 7.33. The Hall–Kier alpha value is -3.19. The van der Waals surface area contributed by atoms with Crippen LogP contribution in [0.4, 0.5) is 0 Å². The van der Waals surface area contributed by atoms with Crippen LogP contribution in [0.3, 0.4) is 0 Å². The van der Waals surface area contributed by atoms with Crippen LogP contribution >= 0.6 is 0 Å². The van der Waals surface area contributed by atoms with Gasteiger partial charge in [-0.2, -0.15) is 4.98 Å². The molecule has 0 bridgehead atoms. The Balaban J connectivity index is 1.56. The smallest absolute Gasteiger partial charge is 0.293 e. The summed E-state index contributed by atoms with van der Waals surface area (Å²) >= 11 is 0. The van der Waals surface area contributed by atoms with Crippen molar-refractivity contribution in [2.45, 2.75) is 31.4 Å². The van der Waals surface area contributed by atoms with Crippen molar-refractivity contribution in [1.29, 1.82) is 0 Å². The van der Waals surface area contributed by atoms with E-state index < -0.39 is 9.84 Å². The maximum Gasteiger partial charge on any atom is 0.293 e. The summed E-state index contributed by atoms with van der Waals surface area (Å²) in [6, 6.07) is 16.3. The first kappa shape index (κ1) is 19.1. The quantitative estimate of drug-likeness (QED) is 0.467. The van der Waals surface area contributed by atoms with Crippen LogP contribution in [-0.4, -0.2) is 18.6 Å². The van der Waals surface area contributed by atoms with E-state index >= 15 is 0 Å². The molecule has 2 aromatic heterocycles. The van der Waals surface area contributed by atoms with Gasteiger partial charge in [-0.15, -0.1) is 0 Å². The van der Waals surface area contributed by atoms with Crippen molar-refractivity contribution >= 4 is 9.84 Å². The van der Waals surface area contributed by atoms with Crippen molar-refractivity contribution in [2.24, 2.45) is 0 Å². The van der Waals surface area contributed by atoms with Gasteiger partial charge in [0.1, 0.15) is 11.5 Å². The summed E-state index contributed by atoms with van der Waals surface area (Å²) < 4.78 is 36.5. The fourth-order valence-corrected chi connectivity index (χ4v) is 4.64. The number of hydrogen-bond acceptors (Lipinski definition) is 6. The predicted molar refractivity (Wildman–Crippen MR) is 109 cm³/mol. The van der Waals surface area contributed by atoms with Crippen molar-refractivity contribution in [3.63, 3.8) is 0 Å². The lowest BCUT2D eigenvalue weighted by atomic mass is 10.1. The largest absolute Gasteiger partial charge is 0.455 e. The van der Waals surface area contributed by atoms with Gasteiger partial charge in [-0.25, -0.2) is 8.42 Å². The highest BCUT2D eigenvalue weighted by atomic mass is 32.2. The Morgan fingerprint density at radius 2 is 1.62 bits per heavy atom. The maximum absolute atomic E-state index is 12.8. The molecule has 7 heteroatoms. The van der Waals surface area contributed by atoms with Gasteiger partial charge < -0.3 is 8.94 Å². The lowest BCUT2D eigenvalue weighted by Gasteiger charge is -2.07. The Bertz CT molecular complexity index is 1270. The Labute approximate surface area is 169 Å². The zero-order valence-electron chi connectivity index (χ0n) is 16.3. The topological polar surface area (TPSA) is 86.2 Å². The van der Waals surface area contributed by atoms with E-state index in [0.717, 1.165) is 22.3 Å². The third kappa shape index (κ3) is 4.00. The molecule has 0 radical (unpaired) electrons. The van der Waals surface area contributed by atoms with E-state index in [1.54, 1.807) is 31.2 Å². The van der Waals surface area contributed by atoms with Gasteiger partial charge in [-0.3, -0.25) is 0 Å². The van der Waals surface area contributed by atoms with Crippen LogP contribution in [0.25, 0.3) is 23.0 Å². The molecule has 0 atom stereocenters. The first-order chi connectivity index (χ1) is 13.8. The Morgan fingerprint density at radius 1 is 0.897 bits per heavy atom. The molecule has 0 aliphatic rings. The van der Waals surface area contributed by atoms with Gasteiger partial charge in [-0.1, -0.05) is 52.7 Å². The van der Waals surface area contributed by atoms with Crippen molar-refractivity contribution in [2.75, 3.05) is 0 Å². The molecule has 0 saturated carbocycles. The molecule has 0 saturated heterocycles. The highest BCUT2D eigenvalue weighted by molar-refractivity contribution is 7.90. The van der Waals surface area contributed by atoms with E-state index in [4.69, 9.17) is 8.94 Å². The molecule has 29 heavy (non-hydrogen) atoms. The summed E-state index contributed by atoms with van der Waals surface area (Å²) in [5.41, 5.74) is 3.70. The monoisotopic (exact) mass is 408 g/mol. The molecular weight excluding hydrogens is 388 g/mol. The van der Waals surface area contributed by atoms with Gasteiger partial charge in [0.25, 0.3) is 5.89 Å². The summed E-state index contributed by atoms with van der Waals surface area (Å²) in [6.07, 6.45) is 0. The molecule has 6 nitrogen and oxygen atoms in total. The van der Waals surface area contributed by atoms with Crippen LogP contribution in [0.2, 0.25) is 0 Å². The third-order valence-electron chi connectivity index (χ3n) is 4.61. The van der Waals surface area contributed by atoms with E-state index in [-0.39, 0.29) is 11.6 Å². The van der Waals surface area contributed by atoms with Crippen LogP contribution in [-0.2, 0) is 15.6 Å². The first-order valence-electron chi connectivity index (χ1n) is 9.12. The minimum absolute atomic E-state index is 0.204. The van der Waals surface area contributed by atoms with Crippen molar-refractivity contribution < 1.29 is 17.4 Å². The minimum atomic E-state index is -3.53. The van der Waals surface area contributed by atoms with E-state index in [9.17, 15) is 8.42 Å². The van der Waals surface area contributed by atoms with Crippen LogP contribution in [0.15, 0.2) is 68.4 Å². The molecule has 4 rings (SSSR count). The Morgan fingerprint density at radius 3 is 2.34 bits per heavy atom. The zero-order chi connectivity index (χ0) is 20.6. The van der Waals surface area contributed by atoms with Gasteiger partial charge in [0.2, 0.25) is 5.82 Å². The highest BCUT2D eigenvalue weighted by Gasteiger charge is 2.21. The number of hydrogen-bond donors (Lipinski definition) is 0. The molecule has 0 aliphatic heterocycles. The number of aryl methyl sites for hydroxylation is 3. The van der Waals surface area contributed by atoms with E-state index in [0.29, 0.717) is 22.2 Å². The molecule has 0 aliphatic carbocycles. The van der Waals surface area contributed by atoms with Gasteiger partial charge >= 0.3 is 0 Å². The lowest BCUT2D eigenvalue weighted by molar-refractivity contribution is 0.413. The summed E-state index contributed by atoms with van der Waals surface area (Å²) in [5.74, 6) is 1.06. The van der Waals surface area contributed by atoms with E-state index in [2.05, 4.69) is 10.1 Å². The number of benzene rings is 2. The molecule has 0 spiro atoms. The molecule has 148 valence electrons. The molecule has 0 N–H and O–H groups in total. The van der Waals surface area contributed by atoms with Gasteiger partial charge in [0, 0.05) is 5.56 Å². The molecular formula is C22H20N2O4S. The SMILES string of the molecule is Cc1ccc(-c2noc(-c3ccc(CS(=O)(=O)c4ccc(C)cc4C)o3)n2)cc1. The van der Waals surface area contributed by atoms with Crippen LogP contribution in [0, 0.1) is 20.8 Å². The predicted octanol–water partition coefficient (Wildman–Crippen LogP) is 4.90. The summed E-state index contributed by atoms with van der Waals surface area (Å²) in [4.78, 5) is 4.66. The molecule has 2 heterocycles. The Kier molecular flexibility index (Phi) is 4.84. The fraction of sp³-hybridized carbons (Fsp3) is 0.182. The van der Waals surface area contributed by atoms with Crippen LogP contribution in [0.5, 0.6) is 0 Å². The molecule has 0 amide bonds. The second-order valence-electron chi connectivity index (χ2n) is 7.08. The lowest BCUT2D eigenvalue weighted by Crippen LogP contribution is -2.06. The fourth-order valence-electron chi connectivity index (χ4n) is 3.13. The van der Waals surface area contributed by atoms with Gasteiger partial charge in [0.05, 0.1) is 4.90 Å². The van der Waals surface area contributed by atoms with Crippen LogP contribution < -0.4 is 0 Å². The summed E-state index contributed by atoms with van der Waals surface area (Å²) in [7, 11) is -3.53. The molecule has 0 unspecified atom stereocenters.